The molecule has 0 bridgehead atoms. The predicted octanol–water partition coefficient (Wildman–Crippen LogP) is 9.45. The number of hydrogen-bond acceptors (Lipinski definition) is 2. The molecule has 2 aliphatic rings. The van der Waals surface area contributed by atoms with Crippen LogP contribution in [-0.4, -0.2) is 21.2 Å². The molecule has 4 heteroatoms. The molecular weight excluding hydrogens is 492 g/mol. The second-order valence-electron chi connectivity index (χ2n) is 12.9. The number of nitrogens with one attached hydrogen (secondary N) is 2. The second kappa shape index (κ2) is 7.72. The third-order valence-electron chi connectivity index (χ3n) is 8.93. The van der Waals surface area contributed by atoms with Gasteiger partial charge < -0.3 is 19.4 Å². The lowest BCUT2D eigenvalue weighted by atomic mass is 9.78. The summed E-state index contributed by atoms with van der Waals surface area (Å²) in [7, 11) is 0. The molecule has 2 N–H and O–H groups in total. The van der Waals surface area contributed by atoms with Crippen LogP contribution < -0.4 is 9.47 Å². The molecule has 4 aromatic carbocycles. The minimum Gasteiger partial charge on any atom is -0.487 e. The fraction of sp³-hybridized carbons (Fsp3) is 0.278. The first kappa shape index (κ1) is 23.7. The van der Waals surface area contributed by atoms with E-state index in [0.29, 0.717) is 0 Å². The van der Waals surface area contributed by atoms with Crippen molar-refractivity contribution in [2.45, 2.75) is 65.1 Å². The van der Waals surface area contributed by atoms with Gasteiger partial charge in [0.15, 0.2) is 0 Å². The smallest absolute Gasteiger partial charge is 0.132 e. The zero-order chi connectivity index (χ0) is 27.6. The Morgan fingerprint density at radius 1 is 0.725 bits per heavy atom. The summed E-state index contributed by atoms with van der Waals surface area (Å²) < 4.78 is 13.2. The molecule has 4 nitrogen and oxygen atoms in total. The predicted molar refractivity (Wildman–Crippen MR) is 166 cm³/mol. The third kappa shape index (κ3) is 3.25. The third-order valence-corrected chi connectivity index (χ3v) is 8.93. The Bertz CT molecular complexity index is 2070. The summed E-state index contributed by atoms with van der Waals surface area (Å²) in [5, 5.41) is 5.02. The molecule has 4 heterocycles. The van der Waals surface area contributed by atoms with Gasteiger partial charge in [0.2, 0.25) is 0 Å². The molecule has 8 rings (SSSR count). The standard InChI is InChI=1S/C36H34N2O2/c1-19-16-26-22-11-9-12-23(30(22)38-31(26)24-14-15-35(3,4)39-33(19)24)27-18-36(5,6)40-34-20(2)17-25-21-10-7-8-13-28(21)37-32(25)29(27)34/h7-17,27,37-38H,18H2,1-6H3/t27-/m1/s1. The largest absolute Gasteiger partial charge is 0.487 e. The Hall–Kier alpha value is -4.18. The maximum atomic E-state index is 6.73. The van der Waals surface area contributed by atoms with Crippen molar-refractivity contribution in [3.05, 3.63) is 88.5 Å². The van der Waals surface area contributed by atoms with Gasteiger partial charge in [-0.1, -0.05) is 36.4 Å². The summed E-state index contributed by atoms with van der Waals surface area (Å²) in [6, 6.07) is 19.9. The van der Waals surface area contributed by atoms with E-state index in [2.05, 4.69) is 118 Å². The number of rotatable bonds is 1. The maximum Gasteiger partial charge on any atom is 0.132 e. The number of fused-ring (bicyclic) bond motifs is 10. The van der Waals surface area contributed by atoms with Crippen LogP contribution in [0.2, 0.25) is 0 Å². The van der Waals surface area contributed by atoms with Crippen LogP contribution in [0.25, 0.3) is 49.7 Å². The van der Waals surface area contributed by atoms with Gasteiger partial charge in [0.05, 0.1) is 16.6 Å². The molecule has 0 radical (unpaired) electrons. The molecular formula is C36H34N2O2. The summed E-state index contributed by atoms with van der Waals surface area (Å²) in [6.45, 7) is 13.0. The van der Waals surface area contributed by atoms with Gasteiger partial charge >= 0.3 is 0 Å². The van der Waals surface area contributed by atoms with Crippen LogP contribution in [0.3, 0.4) is 0 Å². The molecule has 0 spiro atoms. The molecule has 40 heavy (non-hydrogen) atoms. The van der Waals surface area contributed by atoms with Crippen molar-refractivity contribution in [3.8, 4) is 11.5 Å². The normalized spacial score (nSPS) is 19.1. The van der Waals surface area contributed by atoms with E-state index in [1.54, 1.807) is 0 Å². The molecule has 200 valence electrons. The molecule has 0 saturated carbocycles. The van der Waals surface area contributed by atoms with Crippen LogP contribution in [0.4, 0.5) is 0 Å². The summed E-state index contributed by atoms with van der Waals surface area (Å²) >= 11 is 0. The van der Waals surface area contributed by atoms with Crippen molar-refractivity contribution in [1.29, 1.82) is 0 Å². The number of aryl methyl sites for hydroxylation is 2. The number of aromatic nitrogens is 2. The number of benzene rings is 4. The van der Waals surface area contributed by atoms with E-state index in [9.17, 15) is 0 Å². The number of para-hydroxylation sites is 2. The average Bonchev–Trinajstić information content (AvgIpc) is 3.46. The van der Waals surface area contributed by atoms with Crippen LogP contribution >= 0.6 is 0 Å². The van der Waals surface area contributed by atoms with Gasteiger partial charge in [0.1, 0.15) is 22.7 Å². The first-order valence-corrected chi connectivity index (χ1v) is 14.3. The van der Waals surface area contributed by atoms with Crippen molar-refractivity contribution < 1.29 is 9.47 Å². The lowest BCUT2D eigenvalue weighted by Crippen LogP contribution is -2.35. The van der Waals surface area contributed by atoms with Crippen LogP contribution in [0, 0.1) is 13.8 Å². The highest BCUT2D eigenvalue weighted by atomic mass is 16.5. The molecule has 0 saturated heterocycles. The zero-order valence-corrected chi connectivity index (χ0v) is 24.0. The Kier molecular flexibility index (Phi) is 4.57. The van der Waals surface area contributed by atoms with E-state index in [-0.39, 0.29) is 17.1 Å². The first-order chi connectivity index (χ1) is 19.1. The molecule has 2 aliphatic heterocycles. The van der Waals surface area contributed by atoms with Crippen molar-refractivity contribution >= 4 is 49.7 Å². The molecule has 0 fully saturated rings. The van der Waals surface area contributed by atoms with Crippen LogP contribution in [-0.2, 0) is 0 Å². The number of hydrogen-bond donors (Lipinski definition) is 2. The van der Waals surface area contributed by atoms with Crippen molar-refractivity contribution in [3.63, 3.8) is 0 Å². The minimum absolute atomic E-state index is 0.161. The van der Waals surface area contributed by atoms with Crippen molar-refractivity contribution in [1.82, 2.24) is 9.97 Å². The maximum absolute atomic E-state index is 6.73. The van der Waals surface area contributed by atoms with Crippen LogP contribution in [0.1, 0.15) is 67.9 Å². The first-order valence-electron chi connectivity index (χ1n) is 14.3. The summed E-state index contributed by atoms with van der Waals surface area (Å²) in [4.78, 5) is 7.67. The van der Waals surface area contributed by atoms with E-state index in [4.69, 9.17) is 9.47 Å². The van der Waals surface area contributed by atoms with Gasteiger partial charge in [-0.2, -0.15) is 0 Å². The molecule has 0 aliphatic carbocycles. The highest BCUT2D eigenvalue weighted by molar-refractivity contribution is 6.13. The summed E-state index contributed by atoms with van der Waals surface area (Å²) in [5.74, 6) is 2.15. The van der Waals surface area contributed by atoms with Crippen LogP contribution in [0.15, 0.2) is 60.7 Å². The summed E-state index contributed by atoms with van der Waals surface area (Å²) in [6.07, 6.45) is 5.28. The van der Waals surface area contributed by atoms with Gasteiger partial charge in [-0.25, -0.2) is 0 Å². The Balaban J connectivity index is 1.44. The Labute approximate surface area is 234 Å². The molecule has 6 aromatic rings. The van der Waals surface area contributed by atoms with Gasteiger partial charge in [0.25, 0.3) is 0 Å². The molecule has 0 amide bonds. The highest BCUT2D eigenvalue weighted by Gasteiger charge is 2.38. The Morgan fingerprint density at radius 3 is 2.27 bits per heavy atom. The lowest BCUT2D eigenvalue weighted by Gasteiger charge is -2.39. The average molecular weight is 527 g/mol. The fourth-order valence-electron chi connectivity index (χ4n) is 7.18. The zero-order valence-electron chi connectivity index (χ0n) is 24.0. The molecule has 0 unspecified atom stereocenters. The van der Waals surface area contributed by atoms with Crippen molar-refractivity contribution in [2.24, 2.45) is 0 Å². The van der Waals surface area contributed by atoms with Gasteiger partial charge in [0, 0.05) is 44.1 Å². The Morgan fingerprint density at radius 2 is 1.45 bits per heavy atom. The van der Waals surface area contributed by atoms with Gasteiger partial charge in [-0.15, -0.1) is 0 Å². The van der Waals surface area contributed by atoms with E-state index < -0.39 is 0 Å². The topological polar surface area (TPSA) is 50.0 Å². The highest BCUT2D eigenvalue weighted by Crippen LogP contribution is 2.51. The van der Waals surface area contributed by atoms with Gasteiger partial charge in [-0.05, 0) is 95.0 Å². The number of ether oxygens (including phenoxy) is 2. The van der Waals surface area contributed by atoms with E-state index in [1.807, 2.05) is 0 Å². The molecule has 1 atom stereocenters. The SMILES string of the molecule is Cc1cc2c([nH]c3ccccc32)c2c1OC(C)(C)C[C@@H]2c1cccc2c1[nH]c1c3c(c(C)cc12)OC(C)(C)C=C3. The van der Waals surface area contributed by atoms with E-state index in [1.165, 1.54) is 54.8 Å². The van der Waals surface area contributed by atoms with Crippen LogP contribution in [0.5, 0.6) is 11.5 Å². The quantitative estimate of drug-likeness (QED) is 0.224. The summed E-state index contributed by atoms with van der Waals surface area (Å²) in [5.41, 5.74) is 10.1. The second-order valence-corrected chi connectivity index (χ2v) is 12.9. The van der Waals surface area contributed by atoms with E-state index >= 15 is 0 Å². The fourth-order valence-corrected chi connectivity index (χ4v) is 7.18. The molecule has 2 aromatic heterocycles. The number of aromatic amines is 2. The van der Waals surface area contributed by atoms with E-state index in [0.717, 1.165) is 34.5 Å². The minimum atomic E-state index is -0.317. The van der Waals surface area contributed by atoms with Gasteiger partial charge in [-0.3, -0.25) is 0 Å². The lowest BCUT2D eigenvalue weighted by molar-refractivity contribution is 0.0773. The monoisotopic (exact) mass is 526 g/mol. The van der Waals surface area contributed by atoms with Crippen molar-refractivity contribution in [2.75, 3.05) is 0 Å². The number of H-pyrrole nitrogens is 2.